The molecule has 0 bridgehead atoms. The van der Waals surface area contributed by atoms with Gasteiger partial charge in [0.15, 0.2) is 0 Å². The Morgan fingerprint density at radius 1 is 1.29 bits per heavy atom. The number of hydrogen-bond acceptors (Lipinski definition) is 3. The molecule has 1 amide bonds. The molecule has 0 aliphatic heterocycles. The van der Waals surface area contributed by atoms with E-state index in [1.807, 2.05) is 12.1 Å². The van der Waals surface area contributed by atoms with Crippen LogP contribution in [-0.4, -0.2) is 10.9 Å². The smallest absolute Gasteiger partial charge is 0.227 e. The molecule has 4 heteroatoms. The molecule has 0 spiro atoms. The van der Waals surface area contributed by atoms with Crippen LogP contribution in [-0.2, 0) is 11.3 Å². The standard InChI is InChI=1S/C17H19N3O/c1-12-3-2-4-13(9-12)10-18-16-8-7-15(11-19-16)20-17(21)14-5-6-14/h2-4,7-9,11,14H,5-6,10H2,1H3,(H,18,19)(H,20,21). The molecule has 3 rings (SSSR count). The van der Waals surface area contributed by atoms with Crippen LogP contribution in [0.1, 0.15) is 24.0 Å². The average Bonchev–Trinajstić information content (AvgIpc) is 3.31. The third-order valence-corrected chi connectivity index (χ3v) is 3.54. The number of anilines is 2. The first-order valence-corrected chi connectivity index (χ1v) is 7.27. The van der Waals surface area contributed by atoms with Crippen molar-refractivity contribution in [3.05, 3.63) is 53.7 Å². The summed E-state index contributed by atoms with van der Waals surface area (Å²) in [4.78, 5) is 16.0. The monoisotopic (exact) mass is 281 g/mol. The van der Waals surface area contributed by atoms with Gasteiger partial charge in [0.25, 0.3) is 0 Å². The lowest BCUT2D eigenvalue weighted by atomic mass is 10.1. The van der Waals surface area contributed by atoms with Gasteiger partial charge in [-0.05, 0) is 37.5 Å². The summed E-state index contributed by atoms with van der Waals surface area (Å²) in [5.41, 5.74) is 3.23. The molecule has 0 radical (unpaired) electrons. The zero-order chi connectivity index (χ0) is 14.7. The van der Waals surface area contributed by atoms with Crippen molar-refractivity contribution in [1.29, 1.82) is 0 Å². The number of aryl methyl sites for hydroxylation is 1. The van der Waals surface area contributed by atoms with Gasteiger partial charge in [-0.2, -0.15) is 0 Å². The fourth-order valence-corrected chi connectivity index (χ4v) is 2.18. The molecular weight excluding hydrogens is 262 g/mol. The van der Waals surface area contributed by atoms with Crippen molar-refractivity contribution in [1.82, 2.24) is 4.98 Å². The lowest BCUT2D eigenvalue weighted by Gasteiger charge is -2.08. The summed E-state index contributed by atoms with van der Waals surface area (Å²) in [7, 11) is 0. The van der Waals surface area contributed by atoms with Crippen molar-refractivity contribution in [2.24, 2.45) is 5.92 Å². The molecule has 1 fully saturated rings. The minimum atomic E-state index is 0.109. The van der Waals surface area contributed by atoms with Crippen LogP contribution < -0.4 is 10.6 Å². The molecular formula is C17H19N3O. The van der Waals surface area contributed by atoms with E-state index in [0.717, 1.165) is 30.9 Å². The number of hydrogen-bond donors (Lipinski definition) is 2. The van der Waals surface area contributed by atoms with E-state index >= 15 is 0 Å². The molecule has 1 aromatic carbocycles. The Balaban J connectivity index is 1.55. The molecule has 0 atom stereocenters. The van der Waals surface area contributed by atoms with Crippen LogP contribution in [0.3, 0.4) is 0 Å². The largest absolute Gasteiger partial charge is 0.366 e. The lowest BCUT2D eigenvalue weighted by molar-refractivity contribution is -0.117. The molecule has 2 aromatic rings. The Morgan fingerprint density at radius 3 is 2.81 bits per heavy atom. The van der Waals surface area contributed by atoms with Crippen molar-refractivity contribution in [3.8, 4) is 0 Å². The summed E-state index contributed by atoms with van der Waals surface area (Å²) in [5.74, 6) is 1.13. The van der Waals surface area contributed by atoms with Crippen molar-refractivity contribution in [3.63, 3.8) is 0 Å². The number of carbonyl (C=O) groups is 1. The van der Waals surface area contributed by atoms with Crippen LogP contribution in [0.4, 0.5) is 11.5 Å². The van der Waals surface area contributed by atoms with E-state index in [0.29, 0.717) is 0 Å². The highest BCUT2D eigenvalue weighted by atomic mass is 16.2. The third-order valence-electron chi connectivity index (χ3n) is 3.54. The van der Waals surface area contributed by atoms with Crippen molar-refractivity contribution in [2.45, 2.75) is 26.3 Å². The van der Waals surface area contributed by atoms with Gasteiger partial charge in [-0.3, -0.25) is 4.79 Å². The van der Waals surface area contributed by atoms with Crippen LogP contribution in [0.15, 0.2) is 42.6 Å². The van der Waals surface area contributed by atoms with Gasteiger partial charge in [0.1, 0.15) is 5.82 Å². The zero-order valence-electron chi connectivity index (χ0n) is 12.1. The van der Waals surface area contributed by atoms with Gasteiger partial charge in [-0.1, -0.05) is 29.8 Å². The Labute approximate surface area is 124 Å². The highest BCUT2D eigenvalue weighted by molar-refractivity contribution is 5.93. The minimum Gasteiger partial charge on any atom is -0.366 e. The average molecular weight is 281 g/mol. The lowest BCUT2D eigenvalue weighted by Crippen LogP contribution is -2.13. The summed E-state index contributed by atoms with van der Waals surface area (Å²) in [6.07, 6.45) is 3.71. The van der Waals surface area contributed by atoms with E-state index < -0.39 is 0 Å². The van der Waals surface area contributed by atoms with E-state index in [1.54, 1.807) is 6.20 Å². The minimum absolute atomic E-state index is 0.109. The number of amides is 1. The summed E-state index contributed by atoms with van der Waals surface area (Å²) in [6.45, 7) is 2.82. The SMILES string of the molecule is Cc1cccc(CNc2ccc(NC(=O)C3CC3)cn2)c1. The predicted molar refractivity (Wildman–Crippen MR) is 84.1 cm³/mol. The second-order valence-electron chi connectivity index (χ2n) is 5.54. The van der Waals surface area contributed by atoms with Crippen LogP contribution in [0, 0.1) is 12.8 Å². The molecule has 1 aliphatic rings. The molecule has 1 saturated carbocycles. The summed E-state index contributed by atoms with van der Waals surface area (Å²) < 4.78 is 0. The van der Waals surface area contributed by atoms with Crippen molar-refractivity contribution < 1.29 is 4.79 Å². The second kappa shape index (κ2) is 5.95. The van der Waals surface area contributed by atoms with Crippen molar-refractivity contribution in [2.75, 3.05) is 10.6 Å². The van der Waals surface area contributed by atoms with Crippen LogP contribution in [0.5, 0.6) is 0 Å². The number of aromatic nitrogens is 1. The molecule has 0 unspecified atom stereocenters. The molecule has 1 aromatic heterocycles. The van der Waals surface area contributed by atoms with E-state index in [4.69, 9.17) is 0 Å². The van der Waals surface area contributed by atoms with Crippen molar-refractivity contribution >= 4 is 17.4 Å². The number of nitrogens with one attached hydrogen (secondary N) is 2. The van der Waals surface area contributed by atoms with E-state index in [1.165, 1.54) is 11.1 Å². The Hall–Kier alpha value is -2.36. The highest BCUT2D eigenvalue weighted by Crippen LogP contribution is 2.30. The Bertz CT molecular complexity index is 633. The van der Waals surface area contributed by atoms with Gasteiger partial charge >= 0.3 is 0 Å². The van der Waals surface area contributed by atoms with Gasteiger partial charge in [-0.15, -0.1) is 0 Å². The first kappa shape index (κ1) is 13.6. The van der Waals surface area contributed by atoms with Gasteiger partial charge in [0, 0.05) is 12.5 Å². The van der Waals surface area contributed by atoms with Gasteiger partial charge in [-0.25, -0.2) is 4.98 Å². The topological polar surface area (TPSA) is 54.0 Å². The number of benzene rings is 1. The van der Waals surface area contributed by atoms with E-state index in [2.05, 4.69) is 46.8 Å². The van der Waals surface area contributed by atoms with E-state index in [9.17, 15) is 4.79 Å². The summed E-state index contributed by atoms with van der Waals surface area (Å²) >= 11 is 0. The highest BCUT2D eigenvalue weighted by Gasteiger charge is 2.29. The maximum absolute atomic E-state index is 11.6. The summed E-state index contributed by atoms with van der Waals surface area (Å²) in [5, 5.41) is 6.16. The van der Waals surface area contributed by atoms with Crippen LogP contribution in [0.25, 0.3) is 0 Å². The van der Waals surface area contributed by atoms with Crippen LogP contribution >= 0.6 is 0 Å². The fraction of sp³-hybridized carbons (Fsp3) is 0.294. The first-order chi connectivity index (χ1) is 10.2. The number of nitrogens with zero attached hydrogens (tertiary/aromatic N) is 1. The maximum atomic E-state index is 11.6. The number of pyridine rings is 1. The maximum Gasteiger partial charge on any atom is 0.227 e. The summed E-state index contributed by atoms with van der Waals surface area (Å²) in [6, 6.07) is 12.1. The predicted octanol–water partition coefficient (Wildman–Crippen LogP) is 3.35. The van der Waals surface area contributed by atoms with Crippen LogP contribution in [0.2, 0.25) is 0 Å². The van der Waals surface area contributed by atoms with E-state index in [-0.39, 0.29) is 11.8 Å². The molecule has 1 heterocycles. The molecule has 21 heavy (non-hydrogen) atoms. The number of carbonyl (C=O) groups excluding carboxylic acids is 1. The first-order valence-electron chi connectivity index (χ1n) is 7.27. The van der Waals surface area contributed by atoms with Gasteiger partial charge < -0.3 is 10.6 Å². The van der Waals surface area contributed by atoms with Gasteiger partial charge in [0.05, 0.1) is 11.9 Å². The van der Waals surface area contributed by atoms with Gasteiger partial charge in [0.2, 0.25) is 5.91 Å². The molecule has 1 aliphatic carbocycles. The molecule has 2 N–H and O–H groups in total. The Morgan fingerprint density at radius 2 is 2.14 bits per heavy atom. The quantitative estimate of drug-likeness (QED) is 0.883. The second-order valence-corrected chi connectivity index (χ2v) is 5.54. The third kappa shape index (κ3) is 3.81. The molecule has 108 valence electrons. The zero-order valence-corrected chi connectivity index (χ0v) is 12.1. The number of rotatable bonds is 5. The Kier molecular flexibility index (Phi) is 3.86. The fourth-order valence-electron chi connectivity index (χ4n) is 2.18. The normalized spacial score (nSPS) is 13.8. The molecule has 4 nitrogen and oxygen atoms in total. The molecule has 0 saturated heterocycles.